The number of nitriles is 1. The average molecular weight is 407 g/mol. The normalized spacial score (nSPS) is 14.8. The number of nitrogens with zero attached hydrogens (tertiary/aromatic N) is 1. The molecule has 4 N–H and O–H groups in total. The van der Waals surface area contributed by atoms with Crippen molar-refractivity contribution in [2.24, 2.45) is 5.41 Å². The molecule has 156 valence electrons. The molecule has 1 fully saturated rings. The van der Waals surface area contributed by atoms with E-state index in [1.807, 2.05) is 24.3 Å². The fourth-order valence-electron chi connectivity index (χ4n) is 3.16. The number of carbonyl (C=O) groups is 2. The van der Waals surface area contributed by atoms with E-state index in [1.54, 1.807) is 30.3 Å². The van der Waals surface area contributed by atoms with Gasteiger partial charge in [0.25, 0.3) is 0 Å². The third kappa shape index (κ3) is 6.22. The van der Waals surface area contributed by atoms with Crippen LogP contribution in [-0.2, 0) is 11.3 Å². The Morgan fingerprint density at radius 1 is 0.933 bits per heavy atom. The number of benzene rings is 2. The molecule has 0 bridgehead atoms. The molecular weight excluding hydrogens is 382 g/mol. The Balaban J connectivity index is 1.46. The molecule has 0 saturated carbocycles. The highest BCUT2D eigenvalue weighted by Gasteiger charge is 2.33. The summed E-state index contributed by atoms with van der Waals surface area (Å²) in [5.41, 5.74) is 1.59. The molecule has 0 spiro atoms. The van der Waals surface area contributed by atoms with Gasteiger partial charge in [-0.25, -0.2) is 9.59 Å². The molecule has 0 atom stereocenters. The zero-order valence-corrected chi connectivity index (χ0v) is 16.6. The lowest BCUT2D eigenvalue weighted by Gasteiger charge is -2.30. The molecule has 1 aliphatic rings. The van der Waals surface area contributed by atoms with E-state index in [-0.39, 0.29) is 12.1 Å². The molecule has 8 nitrogen and oxygen atoms in total. The summed E-state index contributed by atoms with van der Waals surface area (Å²) < 4.78 is 5.30. The van der Waals surface area contributed by atoms with Gasteiger partial charge in [-0.05, 0) is 42.7 Å². The zero-order chi connectivity index (χ0) is 21.2. The predicted octanol–water partition coefficient (Wildman–Crippen LogP) is 3.45. The van der Waals surface area contributed by atoms with Crippen LogP contribution in [0.15, 0.2) is 54.6 Å². The minimum atomic E-state index is -0.564. The summed E-state index contributed by atoms with van der Waals surface area (Å²) in [6.07, 6.45) is 1.23. The molecule has 2 aromatic carbocycles. The number of anilines is 2. The van der Waals surface area contributed by atoms with E-state index in [0.717, 1.165) is 5.56 Å². The van der Waals surface area contributed by atoms with E-state index in [4.69, 9.17) is 4.74 Å². The summed E-state index contributed by atoms with van der Waals surface area (Å²) in [6, 6.07) is 18.0. The largest absolute Gasteiger partial charge is 0.381 e. The Morgan fingerprint density at radius 2 is 1.63 bits per heavy atom. The molecule has 2 aromatic rings. The van der Waals surface area contributed by atoms with Crippen LogP contribution in [0.2, 0.25) is 0 Å². The third-order valence-corrected chi connectivity index (χ3v) is 4.94. The predicted molar refractivity (Wildman–Crippen MR) is 114 cm³/mol. The second kappa shape index (κ2) is 10.3. The Morgan fingerprint density at radius 3 is 2.37 bits per heavy atom. The van der Waals surface area contributed by atoms with Crippen LogP contribution in [0.1, 0.15) is 18.4 Å². The van der Waals surface area contributed by atoms with Gasteiger partial charge in [0.2, 0.25) is 0 Å². The van der Waals surface area contributed by atoms with Crippen molar-refractivity contribution in [1.82, 2.24) is 10.6 Å². The standard InChI is InChI=1S/C22H25N5O3/c23-15-22(9-11-30-12-10-22)16-25-20(28)24-14-17-5-4-8-19(13-17)27-21(29)26-18-6-2-1-3-7-18/h1-8,13H,9-12,14,16H2,(H2,24,25,28)(H2,26,27,29). The minimum Gasteiger partial charge on any atom is -0.381 e. The molecule has 3 rings (SSSR count). The van der Waals surface area contributed by atoms with Crippen LogP contribution < -0.4 is 21.3 Å². The highest BCUT2D eigenvalue weighted by molar-refractivity contribution is 5.99. The van der Waals surface area contributed by atoms with Crippen LogP contribution in [0.3, 0.4) is 0 Å². The minimum absolute atomic E-state index is 0.292. The van der Waals surface area contributed by atoms with Crippen molar-refractivity contribution >= 4 is 23.4 Å². The number of hydrogen-bond acceptors (Lipinski definition) is 4. The van der Waals surface area contributed by atoms with E-state index in [0.29, 0.717) is 50.5 Å². The summed E-state index contributed by atoms with van der Waals surface area (Å²) >= 11 is 0. The first-order valence-electron chi connectivity index (χ1n) is 9.81. The molecule has 1 aliphatic heterocycles. The lowest BCUT2D eigenvalue weighted by Crippen LogP contribution is -2.44. The molecule has 4 amide bonds. The van der Waals surface area contributed by atoms with Crippen LogP contribution >= 0.6 is 0 Å². The molecule has 0 unspecified atom stereocenters. The van der Waals surface area contributed by atoms with Crippen molar-refractivity contribution in [3.8, 4) is 6.07 Å². The SMILES string of the molecule is N#CC1(CNC(=O)NCc2cccc(NC(=O)Nc3ccccc3)c2)CCOCC1. The van der Waals surface area contributed by atoms with Gasteiger partial charge in [-0.1, -0.05) is 30.3 Å². The van der Waals surface area contributed by atoms with E-state index in [9.17, 15) is 14.9 Å². The molecule has 0 aromatic heterocycles. The maximum absolute atomic E-state index is 12.1. The van der Waals surface area contributed by atoms with Crippen molar-refractivity contribution in [3.05, 3.63) is 60.2 Å². The summed E-state index contributed by atoms with van der Waals surface area (Å²) in [5.74, 6) is 0. The molecule has 0 aliphatic carbocycles. The zero-order valence-electron chi connectivity index (χ0n) is 16.6. The third-order valence-electron chi connectivity index (χ3n) is 4.94. The molecule has 0 radical (unpaired) electrons. The highest BCUT2D eigenvalue weighted by Crippen LogP contribution is 2.28. The van der Waals surface area contributed by atoms with Crippen molar-refractivity contribution in [3.63, 3.8) is 0 Å². The topological polar surface area (TPSA) is 115 Å². The molecule has 1 heterocycles. The number of urea groups is 2. The number of hydrogen-bond donors (Lipinski definition) is 4. The van der Waals surface area contributed by atoms with Gasteiger partial charge in [0.05, 0.1) is 11.5 Å². The van der Waals surface area contributed by atoms with Gasteiger partial charge in [-0.2, -0.15) is 5.26 Å². The van der Waals surface area contributed by atoms with Crippen LogP contribution in [0.25, 0.3) is 0 Å². The fraction of sp³-hybridized carbons (Fsp3) is 0.318. The highest BCUT2D eigenvalue weighted by atomic mass is 16.5. The van der Waals surface area contributed by atoms with Crippen LogP contribution in [0.4, 0.5) is 21.0 Å². The van der Waals surface area contributed by atoms with Crippen molar-refractivity contribution in [2.45, 2.75) is 19.4 Å². The fourth-order valence-corrected chi connectivity index (χ4v) is 3.16. The number of ether oxygens (including phenoxy) is 1. The Kier molecular flexibility index (Phi) is 7.24. The number of carbonyl (C=O) groups excluding carboxylic acids is 2. The van der Waals surface area contributed by atoms with Gasteiger partial charge in [0, 0.05) is 37.7 Å². The van der Waals surface area contributed by atoms with Crippen molar-refractivity contribution in [1.29, 1.82) is 5.26 Å². The summed E-state index contributed by atoms with van der Waals surface area (Å²) in [7, 11) is 0. The monoisotopic (exact) mass is 407 g/mol. The van der Waals surface area contributed by atoms with Gasteiger partial charge in [0.15, 0.2) is 0 Å². The van der Waals surface area contributed by atoms with Gasteiger partial charge in [-0.3, -0.25) is 0 Å². The average Bonchev–Trinajstić information content (AvgIpc) is 2.78. The van der Waals surface area contributed by atoms with Crippen LogP contribution in [0.5, 0.6) is 0 Å². The molecular formula is C22H25N5O3. The first-order chi connectivity index (χ1) is 14.6. The Labute approximate surface area is 175 Å². The second-order valence-corrected chi connectivity index (χ2v) is 7.19. The van der Waals surface area contributed by atoms with E-state index in [2.05, 4.69) is 27.3 Å². The number of para-hydroxylation sites is 1. The van der Waals surface area contributed by atoms with Gasteiger partial charge >= 0.3 is 12.1 Å². The van der Waals surface area contributed by atoms with E-state index >= 15 is 0 Å². The molecule has 8 heteroatoms. The lowest BCUT2D eigenvalue weighted by atomic mass is 9.82. The molecule has 1 saturated heterocycles. The quantitative estimate of drug-likeness (QED) is 0.587. The van der Waals surface area contributed by atoms with E-state index < -0.39 is 5.41 Å². The second-order valence-electron chi connectivity index (χ2n) is 7.19. The van der Waals surface area contributed by atoms with Crippen LogP contribution in [0, 0.1) is 16.7 Å². The molecule has 30 heavy (non-hydrogen) atoms. The first kappa shape index (κ1) is 21.1. The van der Waals surface area contributed by atoms with Gasteiger partial charge in [0.1, 0.15) is 0 Å². The summed E-state index contributed by atoms with van der Waals surface area (Å²) in [5, 5.41) is 20.5. The summed E-state index contributed by atoms with van der Waals surface area (Å²) in [4.78, 5) is 24.3. The maximum Gasteiger partial charge on any atom is 0.323 e. The van der Waals surface area contributed by atoms with Crippen LogP contribution in [-0.4, -0.2) is 31.8 Å². The Bertz CT molecular complexity index is 904. The van der Waals surface area contributed by atoms with Gasteiger partial charge < -0.3 is 26.0 Å². The maximum atomic E-state index is 12.1. The van der Waals surface area contributed by atoms with Gasteiger partial charge in [-0.15, -0.1) is 0 Å². The number of amides is 4. The number of rotatable bonds is 6. The first-order valence-corrected chi connectivity index (χ1v) is 9.81. The van der Waals surface area contributed by atoms with Crippen molar-refractivity contribution < 1.29 is 14.3 Å². The number of nitrogens with one attached hydrogen (secondary N) is 4. The Hall–Kier alpha value is -3.57. The summed E-state index contributed by atoms with van der Waals surface area (Å²) in [6.45, 7) is 1.66. The smallest absolute Gasteiger partial charge is 0.323 e. The van der Waals surface area contributed by atoms with Crippen molar-refractivity contribution in [2.75, 3.05) is 30.4 Å². The lowest BCUT2D eigenvalue weighted by molar-refractivity contribution is 0.0415. The van der Waals surface area contributed by atoms with E-state index in [1.165, 1.54) is 0 Å².